The van der Waals surface area contributed by atoms with Gasteiger partial charge in [0.05, 0.1) is 5.75 Å². The van der Waals surface area contributed by atoms with Crippen molar-refractivity contribution >= 4 is 15.9 Å². The van der Waals surface area contributed by atoms with Gasteiger partial charge in [-0.05, 0) is 24.8 Å². The van der Waals surface area contributed by atoms with Crippen molar-refractivity contribution in [1.29, 1.82) is 0 Å². The van der Waals surface area contributed by atoms with Crippen molar-refractivity contribution in [2.45, 2.75) is 31.9 Å². The number of nitrogens with zero attached hydrogens (tertiary/aromatic N) is 1. The van der Waals surface area contributed by atoms with E-state index in [0.29, 0.717) is 32.5 Å². The SMILES string of the molecule is CCCNC(=O)C1CCN(S(=O)(=O)Cc2ccccc2)CC1. The first-order valence-corrected chi connectivity index (χ1v) is 9.43. The van der Waals surface area contributed by atoms with Crippen molar-refractivity contribution in [1.82, 2.24) is 9.62 Å². The first kappa shape index (κ1) is 17.0. The van der Waals surface area contributed by atoms with Crippen molar-refractivity contribution in [2.75, 3.05) is 19.6 Å². The molecule has 0 aliphatic carbocycles. The van der Waals surface area contributed by atoms with Crippen molar-refractivity contribution in [2.24, 2.45) is 5.92 Å². The Morgan fingerprint density at radius 3 is 2.45 bits per heavy atom. The molecule has 122 valence electrons. The van der Waals surface area contributed by atoms with E-state index in [1.54, 1.807) is 0 Å². The molecule has 5 nitrogen and oxygen atoms in total. The first-order valence-electron chi connectivity index (χ1n) is 7.82. The van der Waals surface area contributed by atoms with Crippen LogP contribution in [0.5, 0.6) is 0 Å². The second-order valence-corrected chi connectivity index (χ2v) is 7.68. The molecule has 1 aromatic carbocycles. The number of nitrogens with one attached hydrogen (secondary N) is 1. The standard InChI is InChI=1S/C16H24N2O3S/c1-2-10-17-16(19)15-8-11-18(12-9-15)22(20,21)13-14-6-4-3-5-7-14/h3-7,15H,2,8-13H2,1H3,(H,17,19). The van der Waals surface area contributed by atoms with Gasteiger partial charge in [0.15, 0.2) is 0 Å². The molecule has 0 unspecified atom stereocenters. The number of piperidine rings is 1. The van der Waals surface area contributed by atoms with Gasteiger partial charge in [-0.15, -0.1) is 0 Å². The van der Waals surface area contributed by atoms with E-state index in [4.69, 9.17) is 0 Å². The summed E-state index contributed by atoms with van der Waals surface area (Å²) in [5.41, 5.74) is 0.797. The second kappa shape index (κ2) is 7.74. The minimum atomic E-state index is -3.30. The molecule has 0 atom stereocenters. The van der Waals surface area contributed by atoms with Crippen LogP contribution >= 0.6 is 0 Å². The van der Waals surface area contributed by atoms with E-state index in [-0.39, 0.29) is 17.6 Å². The summed E-state index contributed by atoms with van der Waals surface area (Å²) in [6.07, 6.45) is 2.11. The van der Waals surface area contributed by atoms with Gasteiger partial charge in [-0.1, -0.05) is 37.3 Å². The number of carbonyl (C=O) groups is 1. The molecule has 1 aromatic rings. The summed E-state index contributed by atoms with van der Waals surface area (Å²) in [7, 11) is -3.30. The van der Waals surface area contributed by atoms with E-state index >= 15 is 0 Å². The van der Waals surface area contributed by atoms with Gasteiger partial charge in [-0.25, -0.2) is 12.7 Å². The normalized spacial score (nSPS) is 17.3. The van der Waals surface area contributed by atoms with E-state index in [9.17, 15) is 13.2 Å². The Labute approximate surface area is 132 Å². The van der Waals surface area contributed by atoms with E-state index in [0.717, 1.165) is 12.0 Å². The highest BCUT2D eigenvalue weighted by molar-refractivity contribution is 7.88. The number of hydrogen-bond acceptors (Lipinski definition) is 3. The largest absolute Gasteiger partial charge is 0.356 e. The summed E-state index contributed by atoms with van der Waals surface area (Å²) in [6.45, 7) is 3.56. The third-order valence-electron chi connectivity index (χ3n) is 3.96. The van der Waals surface area contributed by atoms with Gasteiger partial charge in [0.1, 0.15) is 0 Å². The van der Waals surface area contributed by atoms with Gasteiger partial charge in [-0.3, -0.25) is 4.79 Å². The second-order valence-electron chi connectivity index (χ2n) is 5.71. The Morgan fingerprint density at radius 1 is 1.23 bits per heavy atom. The summed E-state index contributed by atoms with van der Waals surface area (Å²) in [5, 5.41) is 2.89. The van der Waals surface area contributed by atoms with Crippen molar-refractivity contribution in [3.63, 3.8) is 0 Å². The Balaban J connectivity index is 1.89. The van der Waals surface area contributed by atoms with Gasteiger partial charge >= 0.3 is 0 Å². The Bertz CT molecular complexity index is 579. The molecule has 1 fully saturated rings. The van der Waals surface area contributed by atoms with Crippen LogP contribution in [0.2, 0.25) is 0 Å². The molecule has 1 amide bonds. The molecule has 0 radical (unpaired) electrons. The Kier molecular flexibility index (Phi) is 5.97. The minimum Gasteiger partial charge on any atom is -0.356 e. The average Bonchev–Trinajstić information content (AvgIpc) is 2.53. The number of sulfonamides is 1. The molecule has 1 aliphatic heterocycles. The molecule has 6 heteroatoms. The number of rotatable bonds is 6. The number of carbonyl (C=O) groups excluding carboxylic acids is 1. The molecule has 0 aromatic heterocycles. The van der Waals surface area contributed by atoms with Crippen LogP contribution in [0, 0.1) is 5.92 Å². The van der Waals surface area contributed by atoms with Crippen LogP contribution in [0.3, 0.4) is 0 Å². The molecule has 2 rings (SSSR count). The molecule has 0 spiro atoms. The summed E-state index contributed by atoms with van der Waals surface area (Å²) in [4.78, 5) is 11.9. The topological polar surface area (TPSA) is 66.5 Å². The van der Waals surface area contributed by atoms with Crippen molar-refractivity contribution in [3.05, 3.63) is 35.9 Å². The fourth-order valence-electron chi connectivity index (χ4n) is 2.66. The maximum Gasteiger partial charge on any atom is 0.223 e. The third-order valence-corrected chi connectivity index (χ3v) is 5.81. The van der Waals surface area contributed by atoms with Gasteiger partial charge in [-0.2, -0.15) is 0 Å². The van der Waals surface area contributed by atoms with E-state index in [2.05, 4.69) is 5.32 Å². The fourth-order valence-corrected chi connectivity index (χ4v) is 4.23. The van der Waals surface area contributed by atoms with E-state index in [1.165, 1.54) is 4.31 Å². The fraction of sp³-hybridized carbons (Fsp3) is 0.562. The van der Waals surface area contributed by atoms with Gasteiger partial charge < -0.3 is 5.32 Å². The number of benzene rings is 1. The van der Waals surface area contributed by atoms with Crippen LogP contribution in [0.4, 0.5) is 0 Å². The van der Waals surface area contributed by atoms with Crippen LogP contribution in [0.1, 0.15) is 31.7 Å². The lowest BCUT2D eigenvalue weighted by atomic mass is 9.97. The molecular formula is C16H24N2O3S. The van der Waals surface area contributed by atoms with Crippen LogP contribution in [0.25, 0.3) is 0 Å². The zero-order valence-corrected chi connectivity index (χ0v) is 13.8. The first-order chi connectivity index (χ1) is 10.5. The van der Waals surface area contributed by atoms with Crippen LogP contribution < -0.4 is 5.32 Å². The summed E-state index contributed by atoms with van der Waals surface area (Å²) < 4.78 is 26.4. The number of hydrogen-bond donors (Lipinski definition) is 1. The van der Waals surface area contributed by atoms with Gasteiger partial charge in [0.25, 0.3) is 0 Å². The molecule has 1 saturated heterocycles. The van der Waals surface area contributed by atoms with Gasteiger partial charge in [0.2, 0.25) is 15.9 Å². The molecule has 0 saturated carbocycles. The highest BCUT2D eigenvalue weighted by Crippen LogP contribution is 2.21. The maximum absolute atomic E-state index is 12.4. The minimum absolute atomic E-state index is 0.0283. The summed E-state index contributed by atoms with van der Waals surface area (Å²) in [6, 6.07) is 9.20. The third kappa shape index (κ3) is 4.55. The smallest absolute Gasteiger partial charge is 0.223 e. The van der Waals surface area contributed by atoms with Crippen LogP contribution in [0.15, 0.2) is 30.3 Å². The van der Waals surface area contributed by atoms with Gasteiger partial charge in [0, 0.05) is 25.6 Å². The Morgan fingerprint density at radius 2 is 1.86 bits per heavy atom. The highest BCUT2D eigenvalue weighted by Gasteiger charge is 2.30. The predicted octanol–water partition coefficient (Wildman–Crippen LogP) is 1.75. The zero-order chi connectivity index (χ0) is 16.0. The van der Waals surface area contributed by atoms with Crippen LogP contribution in [-0.2, 0) is 20.6 Å². The molecule has 0 bridgehead atoms. The quantitative estimate of drug-likeness (QED) is 0.867. The maximum atomic E-state index is 12.4. The molecule has 1 heterocycles. The number of amides is 1. The molecule has 1 aliphatic rings. The Hall–Kier alpha value is -1.40. The van der Waals surface area contributed by atoms with Crippen molar-refractivity contribution < 1.29 is 13.2 Å². The highest BCUT2D eigenvalue weighted by atomic mass is 32.2. The monoisotopic (exact) mass is 324 g/mol. The summed E-state index contributed by atoms with van der Waals surface area (Å²) >= 11 is 0. The molecular weight excluding hydrogens is 300 g/mol. The van der Waals surface area contributed by atoms with E-state index < -0.39 is 10.0 Å². The lowest BCUT2D eigenvalue weighted by molar-refractivity contribution is -0.126. The lowest BCUT2D eigenvalue weighted by Crippen LogP contribution is -2.43. The van der Waals surface area contributed by atoms with Crippen molar-refractivity contribution in [3.8, 4) is 0 Å². The van der Waals surface area contributed by atoms with Crippen LogP contribution in [-0.4, -0.2) is 38.3 Å². The summed E-state index contributed by atoms with van der Waals surface area (Å²) in [5.74, 6) is 0.0252. The molecule has 1 N–H and O–H groups in total. The van der Waals surface area contributed by atoms with E-state index in [1.807, 2.05) is 37.3 Å². The average molecular weight is 324 g/mol. The predicted molar refractivity (Wildman–Crippen MR) is 86.7 cm³/mol. The zero-order valence-electron chi connectivity index (χ0n) is 13.0. The lowest BCUT2D eigenvalue weighted by Gasteiger charge is -2.30. The molecule has 22 heavy (non-hydrogen) atoms.